The summed E-state index contributed by atoms with van der Waals surface area (Å²) >= 11 is 6.08. The van der Waals surface area contributed by atoms with Gasteiger partial charge in [-0.25, -0.2) is 9.97 Å². The van der Waals surface area contributed by atoms with Crippen LogP contribution in [-0.4, -0.2) is 53.4 Å². The zero-order valence-corrected chi connectivity index (χ0v) is 12.9. The number of piperazine rings is 1. The van der Waals surface area contributed by atoms with E-state index in [4.69, 9.17) is 11.6 Å². The summed E-state index contributed by atoms with van der Waals surface area (Å²) in [6, 6.07) is 9.00. The lowest BCUT2D eigenvalue weighted by molar-refractivity contribution is 0.0926. The van der Waals surface area contributed by atoms with Crippen LogP contribution >= 0.6 is 11.6 Å². The van der Waals surface area contributed by atoms with Gasteiger partial charge in [-0.15, -0.1) is 0 Å². The van der Waals surface area contributed by atoms with Crippen molar-refractivity contribution in [1.82, 2.24) is 14.9 Å². The second-order valence-electron chi connectivity index (χ2n) is 5.22. The van der Waals surface area contributed by atoms with Crippen LogP contribution in [0.1, 0.15) is 10.4 Å². The number of hydrogen-bond donors (Lipinski definition) is 0. The largest absolute Gasteiger partial charge is 0.338 e. The molecule has 0 N–H and O–H groups in total. The second-order valence-corrected chi connectivity index (χ2v) is 5.62. The molecule has 0 aliphatic carbocycles. The van der Waals surface area contributed by atoms with E-state index in [2.05, 4.69) is 19.8 Å². The molecule has 0 bridgehead atoms. The number of halogens is 1. The number of aromatic nitrogens is 2. The van der Waals surface area contributed by atoms with E-state index in [-0.39, 0.29) is 5.78 Å². The number of anilines is 1. The molecule has 2 aromatic rings. The van der Waals surface area contributed by atoms with E-state index in [1.807, 2.05) is 18.2 Å². The van der Waals surface area contributed by atoms with E-state index in [9.17, 15) is 4.79 Å². The van der Waals surface area contributed by atoms with Gasteiger partial charge >= 0.3 is 0 Å². The smallest absolute Gasteiger partial charge is 0.225 e. The Morgan fingerprint density at radius 1 is 1.05 bits per heavy atom. The van der Waals surface area contributed by atoms with E-state index in [1.54, 1.807) is 24.5 Å². The first-order valence-electron chi connectivity index (χ1n) is 7.26. The number of ketones is 1. The van der Waals surface area contributed by atoms with Gasteiger partial charge in [-0.05, 0) is 18.2 Å². The highest BCUT2D eigenvalue weighted by atomic mass is 35.5. The van der Waals surface area contributed by atoms with E-state index in [0.717, 1.165) is 32.1 Å². The van der Waals surface area contributed by atoms with Gasteiger partial charge in [0.2, 0.25) is 5.95 Å². The van der Waals surface area contributed by atoms with Gasteiger partial charge in [0, 0.05) is 44.1 Å². The van der Waals surface area contributed by atoms with Gasteiger partial charge < -0.3 is 4.90 Å². The summed E-state index contributed by atoms with van der Waals surface area (Å²) in [6.07, 6.45) is 3.49. The van der Waals surface area contributed by atoms with Gasteiger partial charge in [0.05, 0.1) is 11.6 Å². The molecule has 0 atom stereocenters. The molecule has 1 aliphatic rings. The number of benzene rings is 1. The van der Waals surface area contributed by atoms with Crippen LogP contribution in [0.5, 0.6) is 0 Å². The molecule has 22 heavy (non-hydrogen) atoms. The van der Waals surface area contributed by atoms with Crippen molar-refractivity contribution in [3.63, 3.8) is 0 Å². The fraction of sp³-hybridized carbons (Fsp3) is 0.312. The van der Waals surface area contributed by atoms with Crippen molar-refractivity contribution in [2.75, 3.05) is 37.6 Å². The molecule has 3 rings (SSSR count). The van der Waals surface area contributed by atoms with Gasteiger partial charge in [-0.2, -0.15) is 0 Å². The number of Topliss-reactive ketones (excluding diaryl/α,β-unsaturated/α-hetero) is 1. The topological polar surface area (TPSA) is 49.3 Å². The second kappa shape index (κ2) is 6.85. The highest BCUT2D eigenvalue weighted by Gasteiger charge is 2.21. The molecule has 1 aromatic heterocycles. The lowest BCUT2D eigenvalue weighted by Gasteiger charge is -2.34. The molecule has 2 heterocycles. The van der Waals surface area contributed by atoms with Gasteiger partial charge in [0.1, 0.15) is 0 Å². The fourth-order valence-electron chi connectivity index (χ4n) is 2.54. The maximum atomic E-state index is 12.3. The van der Waals surface area contributed by atoms with Crippen LogP contribution in [-0.2, 0) is 0 Å². The van der Waals surface area contributed by atoms with Gasteiger partial charge in [-0.3, -0.25) is 9.69 Å². The van der Waals surface area contributed by atoms with E-state index in [0.29, 0.717) is 17.1 Å². The predicted octanol–water partition coefficient (Wildman–Crippen LogP) is 2.13. The molecule has 1 saturated heterocycles. The maximum Gasteiger partial charge on any atom is 0.225 e. The lowest BCUT2D eigenvalue weighted by atomic mass is 10.1. The zero-order chi connectivity index (χ0) is 15.4. The number of hydrogen-bond acceptors (Lipinski definition) is 5. The minimum Gasteiger partial charge on any atom is -0.338 e. The van der Waals surface area contributed by atoms with E-state index < -0.39 is 0 Å². The van der Waals surface area contributed by atoms with Crippen molar-refractivity contribution in [2.45, 2.75) is 0 Å². The van der Waals surface area contributed by atoms with Crippen molar-refractivity contribution in [1.29, 1.82) is 0 Å². The summed E-state index contributed by atoms with van der Waals surface area (Å²) in [5.74, 6) is 0.814. The number of rotatable bonds is 4. The van der Waals surface area contributed by atoms with Crippen LogP contribution in [0.15, 0.2) is 42.7 Å². The maximum absolute atomic E-state index is 12.3. The van der Waals surface area contributed by atoms with E-state index in [1.165, 1.54) is 0 Å². The molecule has 0 unspecified atom stereocenters. The molecular formula is C16H17ClN4O. The summed E-state index contributed by atoms with van der Waals surface area (Å²) in [5, 5.41) is 0.517. The van der Waals surface area contributed by atoms with Crippen LogP contribution in [0.25, 0.3) is 0 Å². The van der Waals surface area contributed by atoms with Gasteiger partial charge in [0.25, 0.3) is 0 Å². The molecule has 114 valence electrons. The summed E-state index contributed by atoms with van der Waals surface area (Å²) in [4.78, 5) is 25.1. The minimum atomic E-state index is 0.0648. The summed E-state index contributed by atoms with van der Waals surface area (Å²) in [7, 11) is 0. The van der Waals surface area contributed by atoms with Crippen molar-refractivity contribution >= 4 is 23.3 Å². The summed E-state index contributed by atoms with van der Waals surface area (Å²) in [5.41, 5.74) is 0.595. The molecule has 1 fully saturated rings. The lowest BCUT2D eigenvalue weighted by Crippen LogP contribution is -2.48. The van der Waals surface area contributed by atoms with Gasteiger partial charge in [0.15, 0.2) is 5.78 Å². The molecule has 0 radical (unpaired) electrons. The Hall–Kier alpha value is -1.98. The predicted molar refractivity (Wildman–Crippen MR) is 86.5 cm³/mol. The average Bonchev–Trinajstić information content (AvgIpc) is 2.57. The highest BCUT2D eigenvalue weighted by Crippen LogP contribution is 2.16. The zero-order valence-electron chi connectivity index (χ0n) is 12.2. The van der Waals surface area contributed by atoms with Crippen molar-refractivity contribution < 1.29 is 4.79 Å². The van der Waals surface area contributed by atoms with Crippen LogP contribution in [0.3, 0.4) is 0 Å². The highest BCUT2D eigenvalue weighted by molar-refractivity contribution is 6.34. The molecular weight excluding hydrogens is 300 g/mol. The molecule has 0 amide bonds. The van der Waals surface area contributed by atoms with Crippen LogP contribution < -0.4 is 4.90 Å². The van der Waals surface area contributed by atoms with Crippen LogP contribution in [0.2, 0.25) is 5.02 Å². The first-order valence-corrected chi connectivity index (χ1v) is 7.64. The van der Waals surface area contributed by atoms with Crippen LogP contribution in [0.4, 0.5) is 5.95 Å². The molecule has 5 nitrogen and oxygen atoms in total. The molecule has 0 spiro atoms. The Labute approximate surface area is 134 Å². The third kappa shape index (κ3) is 3.43. The normalized spacial score (nSPS) is 15.8. The van der Waals surface area contributed by atoms with Crippen molar-refractivity contribution in [3.8, 4) is 0 Å². The number of nitrogens with zero attached hydrogens (tertiary/aromatic N) is 4. The summed E-state index contributed by atoms with van der Waals surface area (Å²) < 4.78 is 0. The standard InChI is InChI=1S/C16H17ClN4O/c17-14-5-2-1-4-13(14)15(22)12-20-8-10-21(11-9-20)16-18-6-3-7-19-16/h1-7H,8-12H2. The molecule has 1 aromatic carbocycles. The van der Waals surface area contributed by atoms with E-state index >= 15 is 0 Å². The molecule has 0 saturated carbocycles. The minimum absolute atomic E-state index is 0.0648. The Bertz CT molecular complexity index is 642. The number of carbonyl (C=O) groups is 1. The first-order chi connectivity index (χ1) is 10.7. The third-order valence-corrected chi connectivity index (χ3v) is 4.08. The molecule has 6 heteroatoms. The quantitative estimate of drug-likeness (QED) is 0.809. The third-order valence-electron chi connectivity index (χ3n) is 3.75. The van der Waals surface area contributed by atoms with Crippen LogP contribution in [0, 0.1) is 0 Å². The van der Waals surface area contributed by atoms with Crippen molar-refractivity contribution in [3.05, 3.63) is 53.3 Å². The summed E-state index contributed by atoms with van der Waals surface area (Å²) in [6.45, 7) is 3.66. The molecule has 1 aliphatic heterocycles. The first kappa shape index (κ1) is 14.9. The van der Waals surface area contributed by atoms with Crippen molar-refractivity contribution in [2.24, 2.45) is 0 Å². The SMILES string of the molecule is O=C(CN1CCN(c2ncccn2)CC1)c1ccccc1Cl. The Morgan fingerprint density at radius 3 is 2.41 bits per heavy atom. The average molecular weight is 317 g/mol. The number of carbonyl (C=O) groups excluding carboxylic acids is 1. The fourth-order valence-corrected chi connectivity index (χ4v) is 2.78. The Morgan fingerprint density at radius 2 is 1.73 bits per heavy atom. The monoisotopic (exact) mass is 316 g/mol. The Kier molecular flexibility index (Phi) is 4.65. The van der Waals surface area contributed by atoms with Gasteiger partial charge in [-0.1, -0.05) is 23.7 Å². The Balaban J connectivity index is 1.56.